The Bertz CT molecular complexity index is 1210. The van der Waals surface area contributed by atoms with E-state index in [-0.39, 0.29) is 11.2 Å². The van der Waals surface area contributed by atoms with Crippen LogP contribution in [0.5, 0.6) is 0 Å². The van der Waals surface area contributed by atoms with Gasteiger partial charge in [-0.05, 0) is 40.2 Å². The van der Waals surface area contributed by atoms with Crippen molar-refractivity contribution >= 4 is 43.6 Å². The van der Waals surface area contributed by atoms with Crippen molar-refractivity contribution in [3.63, 3.8) is 0 Å². The predicted octanol–water partition coefficient (Wildman–Crippen LogP) is 4.15. The molecule has 2 aromatic heterocycles. The van der Waals surface area contributed by atoms with Gasteiger partial charge in [-0.25, -0.2) is 0 Å². The van der Waals surface area contributed by atoms with E-state index in [1.165, 1.54) is 12.1 Å². The van der Waals surface area contributed by atoms with Gasteiger partial charge >= 0.3 is 0 Å². The third-order valence-corrected chi connectivity index (χ3v) is 4.91. The average molecular weight is 398 g/mol. The first-order valence-corrected chi connectivity index (χ1v) is 8.32. The normalized spacial score (nSPS) is 11.3. The molecule has 2 aromatic carbocycles. The van der Waals surface area contributed by atoms with Crippen molar-refractivity contribution in [1.29, 1.82) is 0 Å². The highest BCUT2D eigenvalue weighted by Crippen LogP contribution is 2.30. The standard InChI is InChI=1S/C18H12BrN3O3/c1-20-15-5-3-2-4-13(15)17-16(20)10-14(19)18(23)21(17)11-6-8-12(9-7-11)22(24)25/h2-10H,1H3. The maximum absolute atomic E-state index is 12.8. The number of hydrogen-bond acceptors (Lipinski definition) is 3. The van der Waals surface area contributed by atoms with Crippen molar-refractivity contribution in [2.75, 3.05) is 0 Å². The smallest absolute Gasteiger partial charge is 0.270 e. The lowest BCUT2D eigenvalue weighted by Gasteiger charge is -2.10. The minimum absolute atomic E-state index is 0.0130. The highest BCUT2D eigenvalue weighted by Gasteiger charge is 2.17. The van der Waals surface area contributed by atoms with Crippen molar-refractivity contribution in [2.45, 2.75) is 0 Å². The number of pyridine rings is 1. The van der Waals surface area contributed by atoms with Gasteiger partial charge < -0.3 is 4.57 Å². The summed E-state index contributed by atoms with van der Waals surface area (Å²) in [5.41, 5.74) is 3.04. The van der Waals surface area contributed by atoms with Crippen LogP contribution in [-0.4, -0.2) is 14.1 Å². The van der Waals surface area contributed by atoms with E-state index >= 15 is 0 Å². The molecule has 0 saturated carbocycles. The fourth-order valence-electron chi connectivity index (χ4n) is 3.15. The van der Waals surface area contributed by atoms with Crippen molar-refractivity contribution in [3.05, 3.63) is 79.5 Å². The van der Waals surface area contributed by atoms with Gasteiger partial charge in [0, 0.05) is 30.3 Å². The summed E-state index contributed by atoms with van der Waals surface area (Å²) in [5.74, 6) is 0. The van der Waals surface area contributed by atoms with Crippen molar-refractivity contribution in [1.82, 2.24) is 9.13 Å². The van der Waals surface area contributed by atoms with Crippen LogP contribution in [0.3, 0.4) is 0 Å². The Morgan fingerprint density at radius 3 is 2.40 bits per heavy atom. The first kappa shape index (κ1) is 15.6. The number of nitro benzene ring substituents is 1. The Morgan fingerprint density at radius 2 is 1.72 bits per heavy atom. The molecule has 6 nitrogen and oxygen atoms in total. The van der Waals surface area contributed by atoms with Gasteiger partial charge in [-0.2, -0.15) is 0 Å². The Hall–Kier alpha value is -2.93. The Kier molecular flexibility index (Phi) is 3.47. The number of halogens is 1. The molecule has 0 spiro atoms. The van der Waals surface area contributed by atoms with Crippen LogP contribution in [0.25, 0.3) is 27.6 Å². The van der Waals surface area contributed by atoms with Gasteiger partial charge in [-0.15, -0.1) is 0 Å². The molecule has 0 aliphatic rings. The molecule has 0 N–H and O–H groups in total. The molecule has 0 aliphatic carbocycles. The lowest BCUT2D eigenvalue weighted by Crippen LogP contribution is -2.19. The van der Waals surface area contributed by atoms with Crippen LogP contribution in [0.2, 0.25) is 0 Å². The third-order valence-electron chi connectivity index (χ3n) is 4.34. The second-order valence-corrected chi connectivity index (χ2v) is 6.57. The number of nitrogens with zero attached hydrogens (tertiary/aromatic N) is 3. The zero-order valence-corrected chi connectivity index (χ0v) is 14.7. The molecule has 0 aliphatic heterocycles. The number of benzene rings is 2. The van der Waals surface area contributed by atoms with Crippen LogP contribution in [0.15, 0.2) is 63.9 Å². The number of hydrogen-bond donors (Lipinski definition) is 0. The number of fused-ring (bicyclic) bond motifs is 3. The van der Waals surface area contributed by atoms with Crippen LogP contribution in [0, 0.1) is 10.1 Å². The number of rotatable bonds is 2. The van der Waals surface area contributed by atoms with E-state index in [4.69, 9.17) is 0 Å². The van der Waals surface area contributed by atoms with Gasteiger partial charge in [0.25, 0.3) is 11.2 Å². The summed E-state index contributed by atoms with van der Waals surface area (Å²) < 4.78 is 4.05. The van der Waals surface area contributed by atoms with Crippen LogP contribution in [-0.2, 0) is 7.05 Å². The number of para-hydroxylation sites is 1. The van der Waals surface area contributed by atoms with E-state index in [0.717, 1.165) is 21.9 Å². The van der Waals surface area contributed by atoms with Gasteiger partial charge in [0.1, 0.15) is 0 Å². The maximum Gasteiger partial charge on any atom is 0.270 e. The van der Waals surface area contributed by atoms with Crippen molar-refractivity contribution < 1.29 is 4.92 Å². The van der Waals surface area contributed by atoms with Gasteiger partial charge in [0.05, 0.1) is 25.9 Å². The van der Waals surface area contributed by atoms with E-state index in [2.05, 4.69) is 15.9 Å². The first-order chi connectivity index (χ1) is 12.0. The molecule has 4 aromatic rings. The molecular formula is C18H12BrN3O3. The Labute approximate surface area is 150 Å². The molecule has 4 rings (SSSR count). The largest absolute Gasteiger partial charge is 0.342 e. The minimum atomic E-state index is -0.457. The zero-order valence-electron chi connectivity index (χ0n) is 13.1. The second-order valence-electron chi connectivity index (χ2n) is 5.72. The van der Waals surface area contributed by atoms with Crippen LogP contribution < -0.4 is 5.56 Å². The molecule has 0 bridgehead atoms. The molecule has 25 heavy (non-hydrogen) atoms. The number of aryl methyl sites for hydroxylation is 1. The van der Waals surface area contributed by atoms with E-state index in [0.29, 0.717) is 10.2 Å². The minimum Gasteiger partial charge on any atom is -0.342 e. The molecule has 0 amide bonds. The molecule has 0 unspecified atom stereocenters. The molecule has 124 valence electrons. The van der Waals surface area contributed by atoms with Gasteiger partial charge in [0.2, 0.25) is 0 Å². The van der Waals surface area contributed by atoms with E-state index in [1.807, 2.05) is 35.9 Å². The third kappa shape index (κ3) is 2.27. The first-order valence-electron chi connectivity index (χ1n) is 7.52. The fourth-order valence-corrected chi connectivity index (χ4v) is 3.55. The summed E-state index contributed by atoms with van der Waals surface area (Å²) >= 11 is 3.34. The highest BCUT2D eigenvalue weighted by molar-refractivity contribution is 9.10. The summed E-state index contributed by atoms with van der Waals surface area (Å²) in [5, 5.41) is 11.8. The van der Waals surface area contributed by atoms with Gasteiger partial charge in [0.15, 0.2) is 0 Å². The predicted molar refractivity (Wildman–Crippen MR) is 100 cm³/mol. The number of nitro groups is 1. The zero-order chi connectivity index (χ0) is 17.7. The van der Waals surface area contributed by atoms with E-state index in [1.54, 1.807) is 22.8 Å². The summed E-state index contributed by atoms with van der Waals surface area (Å²) in [6.07, 6.45) is 0. The molecule has 7 heteroatoms. The van der Waals surface area contributed by atoms with Crippen LogP contribution in [0.1, 0.15) is 0 Å². The quantitative estimate of drug-likeness (QED) is 0.376. The molecule has 0 fully saturated rings. The monoisotopic (exact) mass is 397 g/mol. The number of aromatic nitrogens is 2. The highest BCUT2D eigenvalue weighted by atomic mass is 79.9. The topological polar surface area (TPSA) is 70.1 Å². The average Bonchev–Trinajstić information content (AvgIpc) is 2.89. The summed E-state index contributed by atoms with van der Waals surface area (Å²) in [4.78, 5) is 23.3. The summed E-state index contributed by atoms with van der Waals surface area (Å²) in [6.45, 7) is 0. The van der Waals surface area contributed by atoms with Gasteiger partial charge in [-0.3, -0.25) is 19.5 Å². The molecule has 2 heterocycles. The summed E-state index contributed by atoms with van der Waals surface area (Å²) in [7, 11) is 1.95. The van der Waals surface area contributed by atoms with Crippen LogP contribution in [0.4, 0.5) is 5.69 Å². The van der Waals surface area contributed by atoms with Crippen LogP contribution >= 0.6 is 15.9 Å². The summed E-state index contributed by atoms with van der Waals surface area (Å²) in [6, 6.07) is 15.6. The van der Waals surface area contributed by atoms with Gasteiger partial charge in [-0.1, -0.05) is 18.2 Å². The maximum atomic E-state index is 12.8. The molecule has 0 atom stereocenters. The van der Waals surface area contributed by atoms with Crippen molar-refractivity contribution in [3.8, 4) is 5.69 Å². The molecule has 0 saturated heterocycles. The second kappa shape index (κ2) is 5.56. The Morgan fingerprint density at radius 1 is 1.04 bits per heavy atom. The van der Waals surface area contributed by atoms with E-state index in [9.17, 15) is 14.9 Å². The van der Waals surface area contributed by atoms with E-state index < -0.39 is 4.92 Å². The van der Waals surface area contributed by atoms with Crippen molar-refractivity contribution in [2.24, 2.45) is 7.05 Å². The lowest BCUT2D eigenvalue weighted by atomic mass is 10.2. The Balaban J connectivity index is 2.15. The lowest BCUT2D eigenvalue weighted by molar-refractivity contribution is -0.384. The number of non-ortho nitro benzene ring substituents is 1. The fraction of sp³-hybridized carbons (Fsp3) is 0.0556. The molecular weight excluding hydrogens is 386 g/mol. The molecule has 0 radical (unpaired) electrons. The SMILES string of the molecule is Cn1c2ccccc2c2c1cc(Br)c(=O)n2-c1ccc([N+](=O)[O-])cc1.